The quantitative estimate of drug-likeness (QED) is 0.542. The van der Waals surface area contributed by atoms with Gasteiger partial charge in [0.1, 0.15) is 5.60 Å². The SMILES string of the molecule is C=CCN1C(=O)CC(c2ccc(C(F)(F)F)cc2)C(C(=O)OC(C)(C)C)=C1C. The van der Waals surface area contributed by atoms with Crippen molar-refractivity contribution in [2.24, 2.45) is 0 Å². The molecule has 1 aromatic rings. The van der Waals surface area contributed by atoms with E-state index in [1.165, 1.54) is 17.0 Å². The van der Waals surface area contributed by atoms with Crippen molar-refractivity contribution in [2.75, 3.05) is 6.54 Å². The zero-order valence-electron chi connectivity index (χ0n) is 16.4. The fourth-order valence-electron chi connectivity index (χ4n) is 3.15. The molecule has 0 saturated carbocycles. The molecule has 1 heterocycles. The van der Waals surface area contributed by atoms with E-state index < -0.39 is 29.2 Å². The zero-order chi connectivity index (χ0) is 21.3. The van der Waals surface area contributed by atoms with E-state index in [4.69, 9.17) is 4.74 Å². The Labute approximate surface area is 162 Å². The van der Waals surface area contributed by atoms with Crippen LogP contribution in [-0.2, 0) is 20.5 Å². The van der Waals surface area contributed by atoms with Crippen LogP contribution >= 0.6 is 0 Å². The van der Waals surface area contributed by atoms with Crippen molar-refractivity contribution in [3.8, 4) is 0 Å². The summed E-state index contributed by atoms with van der Waals surface area (Å²) in [5.41, 5.74) is -0.378. The summed E-state index contributed by atoms with van der Waals surface area (Å²) in [7, 11) is 0. The van der Waals surface area contributed by atoms with Crippen LogP contribution in [-0.4, -0.2) is 28.9 Å². The molecule has 0 aromatic heterocycles. The molecule has 1 aromatic carbocycles. The second kappa shape index (κ2) is 7.81. The van der Waals surface area contributed by atoms with Crippen molar-refractivity contribution < 1.29 is 27.5 Å². The Balaban J connectivity index is 2.52. The van der Waals surface area contributed by atoms with Gasteiger partial charge in [0.2, 0.25) is 5.91 Å². The lowest BCUT2D eigenvalue weighted by molar-refractivity contribution is -0.151. The van der Waals surface area contributed by atoms with Gasteiger partial charge < -0.3 is 9.64 Å². The molecule has 0 radical (unpaired) electrons. The van der Waals surface area contributed by atoms with Gasteiger partial charge in [0, 0.05) is 24.6 Å². The predicted octanol–water partition coefficient (Wildman–Crippen LogP) is 4.82. The monoisotopic (exact) mass is 395 g/mol. The molecule has 0 aliphatic carbocycles. The molecule has 1 aliphatic heterocycles. The summed E-state index contributed by atoms with van der Waals surface area (Å²) in [5, 5.41) is 0. The molecule has 4 nitrogen and oxygen atoms in total. The van der Waals surface area contributed by atoms with E-state index in [0.29, 0.717) is 11.3 Å². The minimum Gasteiger partial charge on any atom is -0.457 e. The first-order valence-corrected chi connectivity index (χ1v) is 8.87. The lowest BCUT2D eigenvalue weighted by atomic mass is 9.83. The van der Waals surface area contributed by atoms with E-state index in [2.05, 4.69) is 6.58 Å². The summed E-state index contributed by atoms with van der Waals surface area (Å²) in [5.74, 6) is -1.49. The van der Waals surface area contributed by atoms with Crippen molar-refractivity contribution in [1.82, 2.24) is 4.90 Å². The summed E-state index contributed by atoms with van der Waals surface area (Å²) in [4.78, 5) is 26.9. The van der Waals surface area contributed by atoms with Gasteiger partial charge in [-0.05, 0) is 45.4 Å². The number of esters is 1. The van der Waals surface area contributed by atoms with Gasteiger partial charge in [-0.15, -0.1) is 6.58 Å². The van der Waals surface area contributed by atoms with Crippen LogP contribution in [0, 0.1) is 0 Å². The highest BCUT2D eigenvalue weighted by Crippen LogP contribution is 2.39. The summed E-state index contributed by atoms with van der Waals surface area (Å²) in [6.45, 7) is 10.7. The van der Waals surface area contributed by atoms with Gasteiger partial charge in [-0.25, -0.2) is 4.79 Å². The highest BCUT2D eigenvalue weighted by atomic mass is 19.4. The zero-order valence-corrected chi connectivity index (χ0v) is 16.4. The second-order valence-electron chi connectivity index (χ2n) is 7.67. The Morgan fingerprint density at radius 2 is 1.82 bits per heavy atom. The molecule has 1 atom stereocenters. The molecule has 1 unspecified atom stereocenters. The van der Waals surface area contributed by atoms with Crippen LogP contribution in [0.5, 0.6) is 0 Å². The molecular formula is C21H24F3NO3. The number of hydrogen-bond donors (Lipinski definition) is 0. The van der Waals surface area contributed by atoms with Gasteiger partial charge in [-0.1, -0.05) is 18.2 Å². The number of allylic oxidation sites excluding steroid dienone is 1. The molecule has 2 rings (SSSR count). The predicted molar refractivity (Wildman–Crippen MR) is 99.3 cm³/mol. The Bertz CT molecular complexity index is 802. The molecule has 0 bridgehead atoms. The summed E-state index contributed by atoms with van der Waals surface area (Å²) in [6.07, 6.45) is -2.95. The topological polar surface area (TPSA) is 46.6 Å². The molecule has 1 aliphatic rings. The van der Waals surface area contributed by atoms with Crippen LogP contribution in [0.3, 0.4) is 0 Å². The summed E-state index contributed by atoms with van der Waals surface area (Å²) in [6, 6.07) is 4.53. The highest BCUT2D eigenvalue weighted by Gasteiger charge is 2.38. The Kier molecular flexibility index (Phi) is 6.06. The number of nitrogens with zero attached hydrogens (tertiary/aromatic N) is 1. The molecule has 0 saturated heterocycles. The smallest absolute Gasteiger partial charge is 0.416 e. The Morgan fingerprint density at radius 3 is 2.29 bits per heavy atom. The van der Waals surface area contributed by atoms with E-state index in [0.717, 1.165) is 12.1 Å². The van der Waals surface area contributed by atoms with E-state index in [1.54, 1.807) is 33.8 Å². The number of halogens is 3. The fourth-order valence-corrected chi connectivity index (χ4v) is 3.15. The normalized spacial score (nSPS) is 18.3. The van der Waals surface area contributed by atoms with Crippen molar-refractivity contribution in [1.29, 1.82) is 0 Å². The molecule has 152 valence electrons. The molecule has 28 heavy (non-hydrogen) atoms. The summed E-state index contributed by atoms with van der Waals surface area (Å²) < 4.78 is 44.1. The number of alkyl halides is 3. The number of benzene rings is 1. The molecule has 0 N–H and O–H groups in total. The van der Waals surface area contributed by atoms with Crippen molar-refractivity contribution in [3.63, 3.8) is 0 Å². The minimum absolute atomic E-state index is 0.0366. The molecule has 0 spiro atoms. The third kappa shape index (κ3) is 4.82. The van der Waals surface area contributed by atoms with Crippen LogP contribution in [0.1, 0.15) is 51.2 Å². The Morgan fingerprint density at radius 1 is 1.25 bits per heavy atom. The number of carbonyl (C=O) groups excluding carboxylic acids is 2. The standard InChI is InChI=1S/C21H24F3NO3/c1-6-11-25-13(2)18(19(27)28-20(3,4)5)16(12-17(25)26)14-7-9-15(10-8-14)21(22,23)24/h6-10,16H,1,11-12H2,2-5H3. The van der Waals surface area contributed by atoms with Gasteiger partial charge in [0.15, 0.2) is 0 Å². The molecular weight excluding hydrogens is 371 g/mol. The number of carbonyl (C=O) groups is 2. The van der Waals surface area contributed by atoms with E-state index in [9.17, 15) is 22.8 Å². The van der Waals surface area contributed by atoms with Crippen molar-refractivity contribution in [3.05, 3.63) is 59.3 Å². The van der Waals surface area contributed by atoms with Crippen molar-refractivity contribution in [2.45, 2.75) is 51.8 Å². The maximum atomic E-state index is 12.9. The van der Waals surface area contributed by atoms with Crippen molar-refractivity contribution >= 4 is 11.9 Å². The third-order valence-corrected chi connectivity index (χ3v) is 4.39. The largest absolute Gasteiger partial charge is 0.457 e. The molecule has 1 amide bonds. The first-order valence-electron chi connectivity index (χ1n) is 8.87. The second-order valence-corrected chi connectivity index (χ2v) is 7.67. The number of amides is 1. The highest BCUT2D eigenvalue weighted by molar-refractivity contribution is 5.96. The molecule has 7 heteroatoms. The third-order valence-electron chi connectivity index (χ3n) is 4.39. The maximum Gasteiger partial charge on any atom is 0.416 e. The Hall–Kier alpha value is -2.57. The number of rotatable bonds is 4. The van der Waals surface area contributed by atoms with Gasteiger partial charge >= 0.3 is 12.1 Å². The summed E-state index contributed by atoms with van der Waals surface area (Å²) >= 11 is 0. The van der Waals surface area contributed by atoms with Crippen LogP contribution in [0.4, 0.5) is 13.2 Å². The van der Waals surface area contributed by atoms with Gasteiger partial charge in [0.05, 0.1) is 11.1 Å². The first kappa shape index (κ1) is 21.7. The van der Waals surface area contributed by atoms with Crippen LogP contribution < -0.4 is 0 Å². The lowest BCUT2D eigenvalue weighted by Crippen LogP contribution is -2.39. The van der Waals surface area contributed by atoms with Crippen LogP contribution in [0.2, 0.25) is 0 Å². The van der Waals surface area contributed by atoms with Gasteiger partial charge in [0.25, 0.3) is 0 Å². The lowest BCUT2D eigenvalue weighted by Gasteiger charge is -2.35. The maximum absolute atomic E-state index is 12.9. The van der Waals surface area contributed by atoms with Crippen LogP contribution in [0.25, 0.3) is 0 Å². The first-order chi connectivity index (χ1) is 12.8. The number of ether oxygens (including phenoxy) is 1. The average molecular weight is 395 g/mol. The molecule has 0 fully saturated rings. The number of hydrogen-bond acceptors (Lipinski definition) is 3. The average Bonchev–Trinajstić information content (AvgIpc) is 2.55. The van der Waals surface area contributed by atoms with Gasteiger partial charge in [-0.3, -0.25) is 4.79 Å². The van der Waals surface area contributed by atoms with E-state index in [-0.39, 0.29) is 24.4 Å². The van der Waals surface area contributed by atoms with Gasteiger partial charge in [-0.2, -0.15) is 13.2 Å². The van der Waals surface area contributed by atoms with E-state index in [1.807, 2.05) is 0 Å². The van der Waals surface area contributed by atoms with E-state index >= 15 is 0 Å². The van der Waals surface area contributed by atoms with Crippen LogP contribution in [0.15, 0.2) is 48.2 Å². The minimum atomic E-state index is -4.46. The fraction of sp³-hybridized carbons (Fsp3) is 0.429.